The second-order valence-corrected chi connectivity index (χ2v) is 3.61. The van der Waals surface area contributed by atoms with E-state index in [9.17, 15) is 13.2 Å². The fraction of sp³-hybridized carbons (Fsp3) is 0.462. The summed E-state index contributed by atoms with van der Waals surface area (Å²) in [4.78, 5) is 0. The Morgan fingerprint density at radius 1 is 1.35 bits per heavy atom. The molecular weight excluding hydrogens is 227 g/mol. The van der Waals surface area contributed by atoms with Gasteiger partial charge >= 0.3 is 6.18 Å². The predicted molar refractivity (Wildman–Crippen MR) is 62.2 cm³/mol. The Kier molecular flexibility index (Phi) is 6.34. The van der Waals surface area contributed by atoms with Crippen LogP contribution in [0.1, 0.15) is 33.6 Å². The van der Waals surface area contributed by atoms with E-state index in [1.54, 1.807) is 26.0 Å². The molecule has 1 nitrogen and oxygen atoms in total. The van der Waals surface area contributed by atoms with E-state index in [2.05, 4.69) is 0 Å². The summed E-state index contributed by atoms with van der Waals surface area (Å²) in [5, 5.41) is 8.79. The minimum atomic E-state index is -4.50. The average Bonchev–Trinajstić information content (AvgIpc) is 2.26. The van der Waals surface area contributed by atoms with Crippen molar-refractivity contribution in [2.75, 3.05) is 0 Å². The van der Waals surface area contributed by atoms with E-state index in [4.69, 9.17) is 5.26 Å². The highest BCUT2D eigenvalue weighted by molar-refractivity contribution is 5.47. The van der Waals surface area contributed by atoms with Crippen LogP contribution in [-0.2, 0) is 0 Å². The van der Waals surface area contributed by atoms with Crippen molar-refractivity contribution in [2.24, 2.45) is 0 Å². The Morgan fingerprint density at radius 2 is 1.94 bits per heavy atom. The summed E-state index contributed by atoms with van der Waals surface area (Å²) < 4.78 is 38.4. The summed E-state index contributed by atoms with van der Waals surface area (Å²) in [6, 6.07) is 1.62. The van der Waals surface area contributed by atoms with Crippen molar-refractivity contribution in [1.82, 2.24) is 0 Å². The molecule has 0 aromatic rings. The van der Waals surface area contributed by atoms with Crippen LogP contribution in [0.5, 0.6) is 0 Å². The third-order valence-corrected chi connectivity index (χ3v) is 2.18. The van der Waals surface area contributed by atoms with Crippen molar-refractivity contribution in [2.45, 2.75) is 39.8 Å². The van der Waals surface area contributed by atoms with Crippen molar-refractivity contribution in [3.63, 3.8) is 0 Å². The standard InChI is InChI=1S/C13H16F3N/c1-4-6-7-11(9-17)12(13(14,15)16)8-10(3)5-2/h5,7-8H,4,6H2,1-3H3/b10-5-,11-7+,12-8+. The zero-order valence-electron chi connectivity index (χ0n) is 10.2. The monoisotopic (exact) mass is 243 g/mol. The largest absolute Gasteiger partial charge is 0.417 e. The first-order valence-corrected chi connectivity index (χ1v) is 5.39. The Balaban J connectivity index is 5.49. The Morgan fingerprint density at radius 3 is 2.29 bits per heavy atom. The van der Waals surface area contributed by atoms with E-state index in [0.29, 0.717) is 18.4 Å². The zero-order chi connectivity index (χ0) is 13.5. The molecule has 0 spiro atoms. The van der Waals surface area contributed by atoms with E-state index in [-0.39, 0.29) is 5.57 Å². The number of hydrogen-bond acceptors (Lipinski definition) is 1. The SMILES string of the molecule is C\C=C(C)/C=C(\C(C#N)=C\CCC)C(F)(F)F. The lowest BCUT2D eigenvalue weighted by molar-refractivity contribution is -0.0889. The average molecular weight is 243 g/mol. The summed E-state index contributed by atoms with van der Waals surface area (Å²) in [7, 11) is 0. The zero-order valence-corrected chi connectivity index (χ0v) is 10.2. The first-order valence-electron chi connectivity index (χ1n) is 5.39. The van der Waals surface area contributed by atoms with Gasteiger partial charge in [0.25, 0.3) is 0 Å². The van der Waals surface area contributed by atoms with Crippen molar-refractivity contribution >= 4 is 0 Å². The van der Waals surface area contributed by atoms with Gasteiger partial charge in [0, 0.05) is 0 Å². The van der Waals surface area contributed by atoms with Crippen molar-refractivity contribution in [3.05, 3.63) is 34.9 Å². The van der Waals surface area contributed by atoms with Crippen LogP contribution in [0, 0.1) is 11.3 Å². The van der Waals surface area contributed by atoms with E-state index in [1.807, 2.05) is 6.92 Å². The maximum atomic E-state index is 12.8. The predicted octanol–water partition coefficient (Wildman–Crippen LogP) is 4.69. The lowest BCUT2D eigenvalue weighted by Gasteiger charge is -2.11. The van der Waals surface area contributed by atoms with Crippen LogP contribution in [0.15, 0.2) is 34.9 Å². The highest BCUT2D eigenvalue weighted by Gasteiger charge is 2.35. The number of unbranched alkanes of at least 4 members (excludes halogenated alkanes) is 1. The molecule has 4 heteroatoms. The number of hydrogen-bond donors (Lipinski definition) is 0. The molecule has 0 amide bonds. The van der Waals surface area contributed by atoms with Crippen molar-refractivity contribution in [3.8, 4) is 6.07 Å². The molecule has 0 aliphatic carbocycles. The van der Waals surface area contributed by atoms with Gasteiger partial charge in [0.1, 0.15) is 0 Å². The molecule has 0 aromatic carbocycles. The molecular formula is C13H16F3N. The molecule has 0 aliphatic heterocycles. The van der Waals surface area contributed by atoms with Crippen LogP contribution >= 0.6 is 0 Å². The molecule has 17 heavy (non-hydrogen) atoms. The van der Waals surface area contributed by atoms with Gasteiger partial charge in [-0.25, -0.2) is 0 Å². The first-order chi connectivity index (χ1) is 7.86. The van der Waals surface area contributed by atoms with Gasteiger partial charge in [-0.3, -0.25) is 0 Å². The van der Waals surface area contributed by atoms with Gasteiger partial charge in [-0.15, -0.1) is 0 Å². The van der Waals surface area contributed by atoms with Gasteiger partial charge in [-0.2, -0.15) is 18.4 Å². The van der Waals surface area contributed by atoms with Crippen molar-refractivity contribution in [1.29, 1.82) is 5.26 Å². The number of nitrogens with zero attached hydrogens (tertiary/aromatic N) is 1. The Bertz CT molecular complexity index is 378. The van der Waals surface area contributed by atoms with Gasteiger partial charge in [-0.1, -0.05) is 31.1 Å². The van der Waals surface area contributed by atoms with Gasteiger partial charge < -0.3 is 0 Å². The van der Waals surface area contributed by atoms with E-state index in [1.165, 1.54) is 6.08 Å². The highest BCUT2D eigenvalue weighted by atomic mass is 19.4. The molecule has 0 saturated heterocycles. The van der Waals surface area contributed by atoms with E-state index in [0.717, 1.165) is 6.08 Å². The second-order valence-electron chi connectivity index (χ2n) is 3.61. The quantitative estimate of drug-likeness (QED) is 0.519. The van der Waals surface area contributed by atoms with Crippen LogP contribution < -0.4 is 0 Å². The Labute approximate surface area is 99.9 Å². The van der Waals surface area contributed by atoms with Crippen LogP contribution in [0.2, 0.25) is 0 Å². The van der Waals surface area contributed by atoms with Crippen molar-refractivity contribution < 1.29 is 13.2 Å². The first kappa shape index (κ1) is 15.5. The molecule has 0 fully saturated rings. The summed E-state index contributed by atoms with van der Waals surface area (Å²) in [5.41, 5.74) is -0.695. The van der Waals surface area contributed by atoms with Crippen LogP contribution in [-0.4, -0.2) is 6.18 Å². The smallest absolute Gasteiger partial charge is 0.192 e. The molecule has 0 heterocycles. The minimum absolute atomic E-state index is 0.305. The fourth-order valence-electron chi connectivity index (χ4n) is 1.13. The second kappa shape index (κ2) is 6.95. The summed E-state index contributed by atoms with van der Waals surface area (Å²) in [6.45, 7) is 5.07. The molecule has 0 bridgehead atoms. The molecule has 94 valence electrons. The van der Waals surface area contributed by atoms with E-state index >= 15 is 0 Å². The van der Waals surface area contributed by atoms with Gasteiger partial charge in [-0.05, 0) is 26.3 Å². The Hall–Kier alpha value is -1.50. The normalized spacial score (nSPS) is 14.8. The lowest BCUT2D eigenvalue weighted by Crippen LogP contribution is -2.13. The molecule has 0 unspecified atom stereocenters. The van der Waals surface area contributed by atoms with Gasteiger partial charge in [0.05, 0.1) is 17.2 Å². The molecule has 0 saturated carbocycles. The van der Waals surface area contributed by atoms with Gasteiger partial charge in [0.2, 0.25) is 0 Å². The third-order valence-electron chi connectivity index (χ3n) is 2.18. The number of halogens is 3. The molecule has 0 rings (SSSR count). The maximum Gasteiger partial charge on any atom is 0.417 e. The van der Waals surface area contributed by atoms with E-state index < -0.39 is 11.7 Å². The molecule has 0 aliphatic rings. The summed E-state index contributed by atoms with van der Waals surface area (Å²) in [6.07, 6.45) is 0.581. The topological polar surface area (TPSA) is 23.8 Å². The number of alkyl halides is 3. The summed E-state index contributed by atoms with van der Waals surface area (Å²) >= 11 is 0. The highest BCUT2D eigenvalue weighted by Crippen LogP contribution is 2.32. The summed E-state index contributed by atoms with van der Waals surface area (Å²) in [5.74, 6) is 0. The lowest BCUT2D eigenvalue weighted by atomic mass is 10.0. The number of nitriles is 1. The van der Waals surface area contributed by atoms with Crippen LogP contribution in [0.4, 0.5) is 13.2 Å². The number of allylic oxidation sites excluding steroid dienone is 6. The van der Waals surface area contributed by atoms with Crippen LogP contribution in [0.25, 0.3) is 0 Å². The molecule has 0 radical (unpaired) electrons. The fourth-order valence-corrected chi connectivity index (χ4v) is 1.13. The maximum absolute atomic E-state index is 12.8. The molecule has 0 aromatic heterocycles. The van der Waals surface area contributed by atoms with Gasteiger partial charge in [0.15, 0.2) is 0 Å². The third kappa shape index (κ3) is 5.39. The molecule has 0 atom stereocenters. The minimum Gasteiger partial charge on any atom is -0.192 e. The van der Waals surface area contributed by atoms with Crippen LogP contribution in [0.3, 0.4) is 0 Å². The molecule has 0 N–H and O–H groups in total. The number of rotatable bonds is 4.